The largest absolute Gasteiger partial charge is 0.485 e. The predicted molar refractivity (Wildman–Crippen MR) is 135 cm³/mol. The molecule has 9 heteroatoms. The lowest BCUT2D eigenvalue weighted by molar-refractivity contribution is -0.130. The number of para-hydroxylation sites is 2. The highest BCUT2D eigenvalue weighted by Gasteiger charge is 2.27. The van der Waals surface area contributed by atoms with Gasteiger partial charge in [-0.2, -0.15) is 0 Å². The molecule has 2 heterocycles. The van der Waals surface area contributed by atoms with Crippen LogP contribution in [0.25, 0.3) is 0 Å². The number of benzene rings is 3. The van der Waals surface area contributed by atoms with Gasteiger partial charge in [0.2, 0.25) is 6.10 Å². The number of ether oxygens (including phenoxy) is 2. The maximum atomic E-state index is 12.8. The normalized spacial score (nSPS) is 14.5. The van der Waals surface area contributed by atoms with Gasteiger partial charge < -0.3 is 19.4 Å². The van der Waals surface area contributed by atoms with Crippen molar-refractivity contribution in [3.05, 3.63) is 101 Å². The van der Waals surface area contributed by atoms with E-state index in [1.54, 1.807) is 17.8 Å². The third-order valence-electron chi connectivity index (χ3n) is 5.51. The van der Waals surface area contributed by atoms with Crippen molar-refractivity contribution in [3.63, 3.8) is 0 Å². The number of nitrogens with one attached hydrogen (secondary N) is 1. The molecule has 3 aromatic carbocycles. The molecule has 0 saturated heterocycles. The Morgan fingerprint density at radius 3 is 2.57 bits per heavy atom. The average molecular weight is 507 g/mol. The minimum atomic E-state index is -0.732. The van der Waals surface area contributed by atoms with Crippen molar-refractivity contribution in [2.45, 2.75) is 30.1 Å². The summed E-state index contributed by atoms with van der Waals surface area (Å²) in [5, 5.41) is 13.2. The van der Waals surface area contributed by atoms with Crippen molar-refractivity contribution in [3.8, 4) is 11.5 Å². The van der Waals surface area contributed by atoms with Gasteiger partial charge in [0.05, 0.1) is 13.1 Å². The molecule has 4 aromatic rings. The number of hydrogen-bond donors (Lipinski definition) is 1. The first kappa shape index (κ1) is 23.3. The zero-order valence-corrected chi connectivity index (χ0v) is 20.3. The Labute approximate surface area is 212 Å². The number of amides is 1. The highest BCUT2D eigenvalue weighted by Crippen LogP contribution is 2.31. The highest BCUT2D eigenvalue weighted by atomic mass is 35.5. The second-order valence-corrected chi connectivity index (χ2v) is 9.28. The molecule has 1 unspecified atom stereocenters. The Kier molecular flexibility index (Phi) is 7.20. The van der Waals surface area contributed by atoms with Crippen molar-refractivity contribution < 1.29 is 14.3 Å². The maximum Gasteiger partial charge on any atom is 0.265 e. The molecular weight excluding hydrogens is 484 g/mol. The Bertz CT molecular complexity index is 1310. The second kappa shape index (κ2) is 10.8. The van der Waals surface area contributed by atoms with Crippen molar-refractivity contribution >= 4 is 29.3 Å². The van der Waals surface area contributed by atoms with Crippen molar-refractivity contribution in [2.75, 3.05) is 6.61 Å². The summed E-state index contributed by atoms with van der Waals surface area (Å²) < 4.78 is 13.5. The summed E-state index contributed by atoms with van der Waals surface area (Å²) in [6.45, 7) is 0.950. The summed E-state index contributed by atoms with van der Waals surface area (Å²) in [6.07, 6.45) is -0.732. The van der Waals surface area contributed by atoms with Gasteiger partial charge >= 0.3 is 0 Å². The van der Waals surface area contributed by atoms with Crippen LogP contribution in [-0.4, -0.2) is 33.4 Å². The molecule has 0 radical (unpaired) electrons. The first-order valence-corrected chi connectivity index (χ1v) is 12.5. The van der Waals surface area contributed by atoms with Gasteiger partial charge in [-0.25, -0.2) is 0 Å². The zero-order valence-electron chi connectivity index (χ0n) is 18.8. The van der Waals surface area contributed by atoms with E-state index in [-0.39, 0.29) is 19.1 Å². The van der Waals surface area contributed by atoms with Crippen LogP contribution in [0.15, 0.2) is 84.0 Å². The van der Waals surface area contributed by atoms with Crippen molar-refractivity contribution in [2.24, 2.45) is 0 Å². The van der Waals surface area contributed by atoms with Gasteiger partial charge in [0.25, 0.3) is 5.91 Å². The number of carbonyl (C=O) groups excluding carboxylic acids is 1. The molecule has 1 aromatic heterocycles. The van der Waals surface area contributed by atoms with Crippen LogP contribution in [0.5, 0.6) is 11.5 Å². The van der Waals surface area contributed by atoms with Crippen LogP contribution in [0.3, 0.4) is 0 Å². The number of nitrogens with zero attached hydrogens (tertiary/aromatic N) is 3. The molecule has 0 bridgehead atoms. The van der Waals surface area contributed by atoms with Gasteiger partial charge in [-0.05, 0) is 29.3 Å². The summed E-state index contributed by atoms with van der Waals surface area (Å²) in [5.74, 6) is 2.25. The van der Waals surface area contributed by atoms with E-state index in [1.165, 1.54) is 0 Å². The monoisotopic (exact) mass is 506 g/mol. The van der Waals surface area contributed by atoms with Crippen LogP contribution in [-0.2, 0) is 23.6 Å². The summed E-state index contributed by atoms with van der Waals surface area (Å²) in [4.78, 5) is 12.8. The van der Waals surface area contributed by atoms with E-state index in [9.17, 15) is 4.79 Å². The number of thioether (sulfide) groups is 1. The first-order valence-electron chi connectivity index (χ1n) is 11.2. The number of rotatable bonds is 8. The summed E-state index contributed by atoms with van der Waals surface area (Å²) >= 11 is 7.89. The number of fused-ring (bicyclic) bond motifs is 1. The lowest BCUT2D eigenvalue weighted by Crippen LogP contribution is -2.44. The molecular formula is C26H23ClN4O3S. The minimum absolute atomic E-state index is 0.151. The van der Waals surface area contributed by atoms with Crippen LogP contribution in [0.2, 0.25) is 5.02 Å². The van der Waals surface area contributed by atoms with E-state index in [1.807, 2.05) is 65.2 Å². The summed E-state index contributed by atoms with van der Waals surface area (Å²) in [7, 11) is 0. The predicted octanol–water partition coefficient (Wildman–Crippen LogP) is 4.73. The molecule has 0 aliphatic carbocycles. The molecule has 1 amide bonds. The van der Waals surface area contributed by atoms with E-state index in [4.69, 9.17) is 21.1 Å². The molecule has 178 valence electrons. The van der Waals surface area contributed by atoms with Crippen LogP contribution < -0.4 is 14.8 Å². The van der Waals surface area contributed by atoms with Gasteiger partial charge in [0.1, 0.15) is 6.61 Å². The fraction of sp³-hybridized carbons (Fsp3) is 0.192. The Hall–Kier alpha value is -3.49. The molecule has 0 saturated carbocycles. The Morgan fingerprint density at radius 2 is 1.74 bits per heavy atom. The second-order valence-electron chi connectivity index (χ2n) is 7.93. The third kappa shape index (κ3) is 5.61. The zero-order chi connectivity index (χ0) is 24.0. The first-order chi connectivity index (χ1) is 17.2. The fourth-order valence-electron chi connectivity index (χ4n) is 3.67. The SMILES string of the molecule is O=C(NCc1nnc(SCc2ccccc2Cl)n1Cc1ccccc1)C1COc2ccccc2O1. The topological polar surface area (TPSA) is 78.3 Å². The fourth-order valence-corrected chi connectivity index (χ4v) is 4.91. The van der Waals surface area contributed by atoms with Gasteiger partial charge in [-0.3, -0.25) is 4.79 Å². The summed E-state index contributed by atoms with van der Waals surface area (Å²) in [6, 6.07) is 25.1. The van der Waals surface area contributed by atoms with Crippen LogP contribution in [0, 0.1) is 0 Å². The standard InChI is InChI=1S/C26H23ClN4O3S/c27-20-11-5-4-10-19(20)17-35-26-30-29-24(31(26)15-18-8-2-1-3-9-18)14-28-25(32)23-16-33-21-12-6-7-13-22(21)34-23/h1-13,23H,14-17H2,(H,28,32). The van der Waals surface area contributed by atoms with E-state index in [2.05, 4.69) is 27.6 Å². The number of aromatic nitrogens is 3. The van der Waals surface area contributed by atoms with E-state index in [0.29, 0.717) is 29.6 Å². The smallest absolute Gasteiger partial charge is 0.265 e. The van der Waals surface area contributed by atoms with Gasteiger partial charge in [-0.15, -0.1) is 10.2 Å². The van der Waals surface area contributed by atoms with E-state index in [0.717, 1.165) is 21.3 Å². The number of halogens is 1. The van der Waals surface area contributed by atoms with Crippen LogP contribution in [0.4, 0.5) is 0 Å². The molecule has 35 heavy (non-hydrogen) atoms. The Morgan fingerprint density at radius 1 is 1.00 bits per heavy atom. The van der Waals surface area contributed by atoms with Gasteiger partial charge in [-0.1, -0.05) is 84.0 Å². The molecule has 1 aliphatic rings. The highest BCUT2D eigenvalue weighted by molar-refractivity contribution is 7.98. The molecule has 1 aliphatic heterocycles. The maximum absolute atomic E-state index is 12.8. The molecule has 1 N–H and O–H groups in total. The van der Waals surface area contributed by atoms with E-state index >= 15 is 0 Å². The minimum Gasteiger partial charge on any atom is -0.485 e. The average Bonchev–Trinajstić information content (AvgIpc) is 3.28. The quantitative estimate of drug-likeness (QED) is 0.348. The van der Waals surface area contributed by atoms with Gasteiger partial charge in [0, 0.05) is 10.8 Å². The van der Waals surface area contributed by atoms with E-state index < -0.39 is 6.10 Å². The lowest BCUT2D eigenvalue weighted by Gasteiger charge is -2.25. The molecule has 7 nitrogen and oxygen atoms in total. The number of carbonyl (C=O) groups is 1. The van der Waals surface area contributed by atoms with Crippen LogP contribution in [0.1, 0.15) is 17.0 Å². The third-order valence-corrected chi connectivity index (χ3v) is 6.90. The molecule has 5 rings (SSSR count). The summed E-state index contributed by atoms with van der Waals surface area (Å²) in [5.41, 5.74) is 2.14. The lowest BCUT2D eigenvalue weighted by atomic mass is 10.2. The van der Waals surface area contributed by atoms with Crippen molar-refractivity contribution in [1.29, 1.82) is 0 Å². The van der Waals surface area contributed by atoms with Crippen LogP contribution >= 0.6 is 23.4 Å². The Balaban J connectivity index is 1.29. The molecule has 1 atom stereocenters. The van der Waals surface area contributed by atoms with Crippen molar-refractivity contribution in [1.82, 2.24) is 20.1 Å². The molecule has 0 fully saturated rings. The number of hydrogen-bond acceptors (Lipinski definition) is 6. The van der Waals surface area contributed by atoms with Gasteiger partial charge in [0.15, 0.2) is 22.5 Å². The molecule has 0 spiro atoms.